The molecule has 2 aromatic carbocycles. The minimum atomic E-state index is -0.853. The van der Waals surface area contributed by atoms with E-state index in [0.29, 0.717) is 29.2 Å². The van der Waals surface area contributed by atoms with Crippen LogP contribution < -0.4 is 10.1 Å². The molecule has 140 valence electrons. The second kappa shape index (κ2) is 6.26. The Labute approximate surface area is 167 Å². The maximum absolute atomic E-state index is 11.5. The third kappa shape index (κ3) is 2.59. The zero-order valence-corrected chi connectivity index (χ0v) is 16.7. The van der Waals surface area contributed by atoms with E-state index in [1.54, 1.807) is 13.2 Å². The lowest BCUT2D eigenvalue weighted by molar-refractivity contribution is 0.0696. The topological polar surface area (TPSA) is 58.6 Å². The standard InChI is InChI=1S/C22H22BrNO3/c1-27-18-7-5-14(23)10-16(18)21-20-12-3-2-11(8-12)19(20)15-9-13(22(25)26)4-6-17(15)24-21/h4-7,9-12,19-21,24H,2-3,8H2,1H3,(H,25,26)/t11-,12+,19+,20+,21-/m0/s1. The molecule has 2 bridgehead atoms. The summed E-state index contributed by atoms with van der Waals surface area (Å²) < 4.78 is 6.73. The Morgan fingerprint density at radius 3 is 2.74 bits per heavy atom. The summed E-state index contributed by atoms with van der Waals surface area (Å²) in [5, 5.41) is 13.2. The van der Waals surface area contributed by atoms with Crippen LogP contribution in [0.15, 0.2) is 40.9 Å². The van der Waals surface area contributed by atoms with E-state index in [4.69, 9.17) is 4.74 Å². The van der Waals surface area contributed by atoms with Crippen LogP contribution in [0.1, 0.15) is 52.7 Å². The number of hydrogen-bond acceptors (Lipinski definition) is 3. The number of carboxylic acids is 1. The van der Waals surface area contributed by atoms with Crippen LogP contribution in [0.25, 0.3) is 0 Å². The molecular weight excluding hydrogens is 406 g/mol. The number of rotatable bonds is 3. The van der Waals surface area contributed by atoms with Crippen molar-refractivity contribution in [1.29, 1.82) is 0 Å². The Hall–Kier alpha value is -2.01. The van der Waals surface area contributed by atoms with E-state index < -0.39 is 5.97 Å². The number of carbonyl (C=O) groups is 1. The molecule has 2 fully saturated rings. The average molecular weight is 428 g/mol. The molecule has 1 aliphatic heterocycles. The maximum Gasteiger partial charge on any atom is 0.335 e. The molecule has 2 N–H and O–H groups in total. The van der Waals surface area contributed by atoms with Gasteiger partial charge in [-0.25, -0.2) is 4.79 Å². The summed E-state index contributed by atoms with van der Waals surface area (Å²) in [5.74, 6) is 2.29. The lowest BCUT2D eigenvalue weighted by Gasteiger charge is -2.44. The van der Waals surface area contributed by atoms with Gasteiger partial charge in [-0.1, -0.05) is 15.9 Å². The molecule has 27 heavy (non-hydrogen) atoms. The molecule has 0 radical (unpaired) electrons. The summed E-state index contributed by atoms with van der Waals surface area (Å²) in [6.07, 6.45) is 3.78. The zero-order valence-electron chi connectivity index (χ0n) is 15.1. The monoisotopic (exact) mass is 427 g/mol. The number of benzene rings is 2. The molecule has 2 aromatic rings. The smallest absolute Gasteiger partial charge is 0.335 e. The van der Waals surface area contributed by atoms with Crippen LogP contribution in [0, 0.1) is 17.8 Å². The van der Waals surface area contributed by atoms with E-state index >= 15 is 0 Å². The van der Waals surface area contributed by atoms with Crippen molar-refractivity contribution in [2.24, 2.45) is 17.8 Å². The van der Waals surface area contributed by atoms with Gasteiger partial charge >= 0.3 is 5.97 Å². The van der Waals surface area contributed by atoms with Gasteiger partial charge in [0.25, 0.3) is 0 Å². The molecule has 0 amide bonds. The van der Waals surface area contributed by atoms with Gasteiger partial charge in [-0.3, -0.25) is 0 Å². The molecule has 5 rings (SSSR count). The first-order chi connectivity index (χ1) is 13.1. The molecule has 2 saturated carbocycles. The number of aromatic carboxylic acids is 1. The molecule has 3 aliphatic rings. The highest BCUT2D eigenvalue weighted by atomic mass is 79.9. The number of methoxy groups -OCH3 is 1. The normalized spacial score (nSPS) is 30.4. The van der Waals surface area contributed by atoms with Crippen LogP contribution in [0.2, 0.25) is 0 Å². The third-order valence-electron chi connectivity index (χ3n) is 6.86. The fraction of sp³-hybridized carbons (Fsp3) is 0.409. The average Bonchev–Trinajstić information content (AvgIpc) is 3.29. The van der Waals surface area contributed by atoms with E-state index in [1.165, 1.54) is 30.4 Å². The van der Waals surface area contributed by atoms with Gasteiger partial charge in [-0.05, 0) is 84.9 Å². The summed E-state index contributed by atoms with van der Waals surface area (Å²) in [6.45, 7) is 0. The van der Waals surface area contributed by atoms with Crippen molar-refractivity contribution in [2.75, 3.05) is 12.4 Å². The van der Waals surface area contributed by atoms with Gasteiger partial charge < -0.3 is 15.2 Å². The first-order valence-electron chi connectivity index (χ1n) is 9.54. The van der Waals surface area contributed by atoms with E-state index in [0.717, 1.165) is 15.9 Å². The zero-order chi connectivity index (χ0) is 18.7. The number of fused-ring (bicyclic) bond motifs is 7. The predicted molar refractivity (Wildman–Crippen MR) is 108 cm³/mol. The molecule has 1 heterocycles. The molecule has 0 spiro atoms. The van der Waals surface area contributed by atoms with Crippen molar-refractivity contribution >= 4 is 27.6 Å². The highest BCUT2D eigenvalue weighted by Crippen LogP contribution is 2.64. The number of hydrogen-bond donors (Lipinski definition) is 2. The Balaban J connectivity index is 1.65. The Morgan fingerprint density at radius 1 is 1.15 bits per heavy atom. The van der Waals surface area contributed by atoms with Crippen molar-refractivity contribution in [1.82, 2.24) is 0 Å². The molecule has 2 aliphatic carbocycles. The van der Waals surface area contributed by atoms with Gasteiger partial charge in [0.05, 0.1) is 18.7 Å². The summed E-state index contributed by atoms with van der Waals surface area (Å²) in [5.41, 5.74) is 3.83. The number of nitrogens with one attached hydrogen (secondary N) is 1. The third-order valence-corrected chi connectivity index (χ3v) is 7.35. The molecule has 0 aromatic heterocycles. The van der Waals surface area contributed by atoms with Gasteiger partial charge in [-0.15, -0.1) is 0 Å². The van der Waals surface area contributed by atoms with Crippen molar-refractivity contribution < 1.29 is 14.6 Å². The molecule has 5 atom stereocenters. The minimum Gasteiger partial charge on any atom is -0.496 e. The van der Waals surface area contributed by atoms with E-state index in [-0.39, 0.29) is 6.04 Å². The summed E-state index contributed by atoms with van der Waals surface area (Å²) in [6, 6.07) is 11.9. The minimum absolute atomic E-state index is 0.181. The van der Waals surface area contributed by atoms with Gasteiger partial charge in [0.2, 0.25) is 0 Å². The predicted octanol–water partition coefficient (Wildman–Crippen LogP) is 5.45. The molecule has 0 saturated heterocycles. The van der Waals surface area contributed by atoms with Gasteiger partial charge in [0.1, 0.15) is 5.75 Å². The van der Waals surface area contributed by atoms with Crippen molar-refractivity contribution in [3.05, 3.63) is 57.6 Å². The van der Waals surface area contributed by atoms with Crippen LogP contribution in [0.4, 0.5) is 5.69 Å². The van der Waals surface area contributed by atoms with Gasteiger partial charge in [0.15, 0.2) is 0 Å². The Kier molecular flexibility index (Phi) is 3.97. The maximum atomic E-state index is 11.5. The Morgan fingerprint density at radius 2 is 1.96 bits per heavy atom. The highest BCUT2D eigenvalue weighted by molar-refractivity contribution is 9.10. The fourth-order valence-electron chi connectivity index (χ4n) is 5.88. The first-order valence-corrected chi connectivity index (χ1v) is 10.3. The van der Waals surface area contributed by atoms with Crippen molar-refractivity contribution in [3.8, 4) is 5.75 Å². The van der Waals surface area contributed by atoms with Gasteiger partial charge in [0, 0.05) is 15.7 Å². The van der Waals surface area contributed by atoms with Crippen LogP contribution in [0.3, 0.4) is 0 Å². The van der Waals surface area contributed by atoms with Crippen LogP contribution in [-0.4, -0.2) is 18.2 Å². The molecule has 0 unspecified atom stereocenters. The number of halogens is 1. The number of carboxylic acid groups (broad SMARTS) is 1. The second-order valence-electron chi connectivity index (χ2n) is 8.05. The lowest BCUT2D eigenvalue weighted by atomic mass is 9.67. The summed E-state index contributed by atoms with van der Waals surface area (Å²) >= 11 is 3.61. The molecule has 4 nitrogen and oxygen atoms in total. The highest BCUT2D eigenvalue weighted by Gasteiger charge is 2.54. The lowest BCUT2D eigenvalue weighted by Crippen LogP contribution is -2.35. The van der Waals surface area contributed by atoms with E-state index in [9.17, 15) is 9.90 Å². The molecular formula is C22H22BrNO3. The quantitative estimate of drug-likeness (QED) is 0.683. The number of ether oxygens (including phenoxy) is 1. The molecule has 5 heteroatoms. The van der Waals surface area contributed by atoms with Crippen LogP contribution in [0.5, 0.6) is 5.75 Å². The SMILES string of the molecule is COc1ccc(Br)cc1[C@@H]1Nc2ccc(C(=O)O)cc2[C@H]2[C@H]3CC[C@H](C3)[C@H]21. The summed E-state index contributed by atoms with van der Waals surface area (Å²) in [7, 11) is 1.72. The van der Waals surface area contributed by atoms with E-state index in [1.807, 2.05) is 24.3 Å². The second-order valence-corrected chi connectivity index (χ2v) is 8.97. The van der Waals surface area contributed by atoms with Crippen molar-refractivity contribution in [2.45, 2.75) is 31.2 Å². The fourth-order valence-corrected chi connectivity index (χ4v) is 6.26. The van der Waals surface area contributed by atoms with E-state index in [2.05, 4.69) is 27.3 Å². The van der Waals surface area contributed by atoms with Crippen molar-refractivity contribution in [3.63, 3.8) is 0 Å². The Bertz CT molecular complexity index is 928. The summed E-state index contributed by atoms with van der Waals surface area (Å²) in [4.78, 5) is 11.5. The van der Waals surface area contributed by atoms with Crippen LogP contribution >= 0.6 is 15.9 Å². The largest absolute Gasteiger partial charge is 0.496 e. The first kappa shape index (κ1) is 17.1. The number of anilines is 1. The van der Waals surface area contributed by atoms with Gasteiger partial charge in [-0.2, -0.15) is 0 Å². The van der Waals surface area contributed by atoms with Crippen LogP contribution in [-0.2, 0) is 0 Å².